The van der Waals surface area contributed by atoms with Gasteiger partial charge in [-0.25, -0.2) is 9.59 Å². The quantitative estimate of drug-likeness (QED) is 0.475. The third kappa shape index (κ3) is 5.92. The van der Waals surface area contributed by atoms with Gasteiger partial charge < -0.3 is 17.8 Å². The number of rotatable bonds is 5. The van der Waals surface area contributed by atoms with Crippen molar-refractivity contribution in [3.05, 3.63) is 38.8 Å². The van der Waals surface area contributed by atoms with Gasteiger partial charge in [0, 0.05) is 11.6 Å². The Bertz CT molecular complexity index is 598. The Morgan fingerprint density at radius 2 is 1.71 bits per heavy atom. The fourth-order valence-electron chi connectivity index (χ4n) is 1.19. The summed E-state index contributed by atoms with van der Waals surface area (Å²) in [5.41, 5.74) is -0.173. The van der Waals surface area contributed by atoms with E-state index in [1.165, 1.54) is 19.1 Å². The third-order valence-electron chi connectivity index (χ3n) is 2.21. The summed E-state index contributed by atoms with van der Waals surface area (Å²) in [4.78, 5) is 21.8. The number of carbonyl (C=O) groups is 2. The smallest absolute Gasteiger partial charge is 1.00 e. The molecule has 0 radical (unpaired) electrons. The van der Waals surface area contributed by atoms with Gasteiger partial charge in [-0.1, -0.05) is 34.8 Å². The van der Waals surface area contributed by atoms with Crippen molar-refractivity contribution in [3.8, 4) is 5.75 Å². The molecule has 0 heterocycles. The second kappa shape index (κ2) is 8.70. The van der Waals surface area contributed by atoms with Gasteiger partial charge in [0.2, 0.25) is 6.10 Å². The number of hydrogen-bond donors (Lipinski definition) is 2. The van der Waals surface area contributed by atoms with E-state index in [2.05, 4.69) is 0 Å². The maximum atomic E-state index is 11.1. The van der Waals surface area contributed by atoms with Gasteiger partial charge in [0.25, 0.3) is 0 Å². The largest absolute Gasteiger partial charge is 2.00 e. The molecule has 9 heteroatoms. The number of carboxylic acids is 2. The Balaban J connectivity index is -0.00000133. The molecule has 112 valence electrons. The molecule has 0 aliphatic carbocycles. The van der Waals surface area contributed by atoms with Crippen molar-refractivity contribution in [1.29, 1.82) is 0 Å². The predicted octanol–water partition coefficient (Wildman–Crippen LogP) is 3.35. The summed E-state index contributed by atoms with van der Waals surface area (Å²) in [6.07, 6.45) is -0.565. The van der Waals surface area contributed by atoms with E-state index in [0.29, 0.717) is 0 Å². The Kier molecular flexibility index (Phi) is 8.42. The zero-order valence-electron chi connectivity index (χ0n) is 12.8. The van der Waals surface area contributed by atoms with E-state index in [1.54, 1.807) is 0 Å². The monoisotopic (exact) mass is 364 g/mol. The van der Waals surface area contributed by atoms with Crippen molar-refractivity contribution < 1.29 is 27.4 Å². The first kappa shape index (κ1) is 20.3. The van der Waals surface area contributed by atoms with Crippen LogP contribution < -0.4 is 4.74 Å². The third-order valence-corrected chi connectivity index (χ3v) is 3.23. The molecule has 0 spiro atoms. The maximum Gasteiger partial charge on any atom is 2.00 e. The Morgan fingerprint density at radius 3 is 2.19 bits per heavy atom. The second-order valence-corrected chi connectivity index (χ2v) is 4.95. The van der Waals surface area contributed by atoms with Crippen LogP contribution in [0.25, 0.3) is 0 Å². The number of ether oxygens (including phenoxy) is 1. The Morgan fingerprint density at radius 1 is 1.19 bits per heavy atom. The van der Waals surface area contributed by atoms with E-state index in [-0.39, 0.29) is 52.3 Å². The summed E-state index contributed by atoms with van der Waals surface area (Å²) in [6.45, 7) is 1.25. The molecule has 1 aromatic carbocycles. The maximum absolute atomic E-state index is 11.1. The summed E-state index contributed by atoms with van der Waals surface area (Å²) in [5, 5.41) is 18.1. The fourth-order valence-corrected chi connectivity index (χ4v) is 1.77. The van der Waals surface area contributed by atoms with Crippen LogP contribution in [0.5, 0.6) is 5.75 Å². The first-order valence-corrected chi connectivity index (χ1v) is 6.31. The molecule has 0 aromatic heterocycles. The normalized spacial score (nSPS) is 12.3. The molecule has 1 atom stereocenters. The molecule has 0 aliphatic rings. The Labute approximate surface area is 154 Å². The minimum atomic E-state index is -1.51. The molecule has 21 heavy (non-hydrogen) atoms. The molecule has 0 aliphatic heterocycles. The first-order valence-electron chi connectivity index (χ1n) is 5.18. The average molecular weight is 366 g/mol. The molecule has 1 aromatic rings. The van der Waals surface area contributed by atoms with E-state index in [0.717, 1.165) is 6.08 Å². The molecule has 2 N–H and O–H groups in total. The van der Waals surface area contributed by atoms with Crippen LogP contribution in [0.4, 0.5) is 0 Å². The average Bonchev–Trinajstić information content (AvgIpc) is 2.34. The van der Waals surface area contributed by atoms with Crippen LogP contribution in [0.15, 0.2) is 23.8 Å². The summed E-state index contributed by atoms with van der Waals surface area (Å²) in [7, 11) is 0. The van der Waals surface area contributed by atoms with Gasteiger partial charge in [-0.3, -0.25) is 0 Å². The zero-order chi connectivity index (χ0) is 15.4. The molecule has 0 bridgehead atoms. The van der Waals surface area contributed by atoms with Crippen molar-refractivity contribution in [2.75, 3.05) is 0 Å². The van der Waals surface area contributed by atoms with E-state index in [1.807, 2.05) is 0 Å². The van der Waals surface area contributed by atoms with Crippen LogP contribution >= 0.6 is 34.8 Å². The molecule has 0 saturated carbocycles. The minimum Gasteiger partial charge on any atom is -1.00 e. The van der Waals surface area contributed by atoms with Crippen molar-refractivity contribution >= 4 is 69.8 Å². The zero-order valence-corrected chi connectivity index (χ0v) is 14.5. The van der Waals surface area contributed by atoms with E-state index < -0.39 is 18.0 Å². The Hall–Kier alpha value is -0.664. The van der Waals surface area contributed by atoms with Gasteiger partial charge in [0.05, 0.1) is 15.1 Å². The topological polar surface area (TPSA) is 83.8 Å². The van der Waals surface area contributed by atoms with Crippen molar-refractivity contribution in [1.82, 2.24) is 0 Å². The van der Waals surface area contributed by atoms with Gasteiger partial charge in [-0.2, -0.15) is 0 Å². The molecule has 1 unspecified atom stereocenters. The SMILES string of the molecule is CC(=CC(Oc1cc(Cl)c(Cl)cc1Cl)C(=O)O)C(=O)O.[H-].[H-].[Mg+2]. The van der Waals surface area contributed by atoms with E-state index >= 15 is 0 Å². The van der Waals surface area contributed by atoms with Crippen LogP contribution in [-0.4, -0.2) is 51.3 Å². The molecular formula is C12H11Cl3MgO5. The van der Waals surface area contributed by atoms with Crippen molar-refractivity contribution in [3.63, 3.8) is 0 Å². The number of carboxylic acid groups (broad SMARTS) is 2. The van der Waals surface area contributed by atoms with Crippen LogP contribution in [0.2, 0.25) is 15.1 Å². The van der Waals surface area contributed by atoms with E-state index in [4.69, 9.17) is 49.8 Å². The standard InChI is InChI=1S/C12H9Cl3O5.Mg.2H/c1-5(11(16)17)2-10(12(18)19)20-9-4-7(14)6(13)3-8(9)15;;;/h2-4,10H,1H3,(H,16,17)(H,18,19);;;/q;+2;2*-1. The number of benzene rings is 1. The van der Waals surface area contributed by atoms with Crippen LogP contribution in [-0.2, 0) is 9.59 Å². The molecular weight excluding hydrogens is 355 g/mol. The molecule has 0 amide bonds. The second-order valence-electron chi connectivity index (χ2n) is 3.73. The number of halogens is 3. The van der Waals surface area contributed by atoms with Gasteiger partial charge in [-0.05, 0) is 19.1 Å². The van der Waals surface area contributed by atoms with Gasteiger partial charge in [0.1, 0.15) is 5.75 Å². The summed E-state index contributed by atoms with van der Waals surface area (Å²) in [5.74, 6) is -2.63. The summed E-state index contributed by atoms with van der Waals surface area (Å²) >= 11 is 17.4. The predicted molar refractivity (Wildman–Crippen MR) is 82.9 cm³/mol. The van der Waals surface area contributed by atoms with Gasteiger partial charge in [0.15, 0.2) is 0 Å². The number of aliphatic carboxylic acids is 2. The minimum absolute atomic E-state index is 0. The van der Waals surface area contributed by atoms with Crippen LogP contribution in [0, 0.1) is 0 Å². The fraction of sp³-hybridized carbons (Fsp3) is 0.167. The van der Waals surface area contributed by atoms with E-state index in [9.17, 15) is 9.59 Å². The van der Waals surface area contributed by atoms with Crippen molar-refractivity contribution in [2.45, 2.75) is 13.0 Å². The summed E-state index contributed by atoms with van der Waals surface area (Å²) < 4.78 is 5.15. The van der Waals surface area contributed by atoms with Gasteiger partial charge >= 0.3 is 35.0 Å². The first-order chi connectivity index (χ1) is 9.22. The summed E-state index contributed by atoms with van der Waals surface area (Å²) in [6, 6.07) is 2.56. The number of hydrogen-bond acceptors (Lipinski definition) is 3. The van der Waals surface area contributed by atoms with Gasteiger partial charge in [-0.15, -0.1) is 0 Å². The molecule has 0 saturated heterocycles. The molecule has 5 nitrogen and oxygen atoms in total. The molecule has 1 rings (SSSR count). The van der Waals surface area contributed by atoms with Crippen LogP contribution in [0.3, 0.4) is 0 Å². The molecule has 0 fully saturated rings. The van der Waals surface area contributed by atoms with Crippen LogP contribution in [0.1, 0.15) is 9.78 Å². The van der Waals surface area contributed by atoms with Crippen molar-refractivity contribution in [2.24, 2.45) is 0 Å².